The van der Waals surface area contributed by atoms with E-state index in [-0.39, 0.29) is 24.0 Å². The van der Waals surface area contributed by atoms with Crippen molar-refractivity contribution in [1.29, 1.82) is 0 Å². The maximum absolute atomic E-state index is 10.4. The van der Waals surface area contributed by atoms with Crippen molar-refractivity contribution in [2.24, 2.45) is 11.8 Å². The van der Waals surface area contributed by atoms with Crippen molar-refractivity contribution in [3.63, 3.8) is 0 Å². The fourth-order valence-corrected chi connectivity index (χ4v) is 5.23. The molecule has 0 radical (unpaired) electrons. The van der Waals surface area contributed by atoms with Crippen LogP contribution in [0, 0.1) is 11.8 Å². The highest BCUT2D eigenvalue weighted by Crippen LogP contribution is 2.44. The van der Waals surface area contributed by atoms with E-state index >= 15 is 0 Å². The van der Waals surface area contributed by atoms with Gasteiger partial charge in [-0.15, -0.1) is 0 Å². The number of aromatic nitrogens is 3. The summed E-state index contributed by atoms with van der Waals surface area (Å²) in [5.74, 6) is 1.09. The van der Waals surface area contributed by atoms with Gasteiger partial charge >= 0.3 is 0 Å². The van der Waals surface area contributed by atoms with Crippen LogP contribution in [0.3, 0.4) is 0 Å². The standard InChI is InChI=1S/C25H32N4O3/c1-25(2,17-6-4-7-17)18-8-3-5-15(11-18)19-13-22-26-10-9-21(29(22)28-19)27-20-12-16(14-30)23(31)24(20)32/h3,5,8-11,13,16-17,20,23-24,27,30-32H,4,6-7,12,14H2,1-2H3/t16-,20-,23-,24+/m1/s1. The molecular formula is C25H32N4O3. The van der Waals surface area contributed by atoms with Crippen LogP contribution < -0.4 is 5.32 Å². The van der Waals surface area contributed by atoms with E-state index < -0.39 is 12.2 Å². The molecule has 4 atom stereocenters. The van der Waals surface area contributed by atoms with E-state index in [1.165, 1.54) is 24.8 Å². The molecule has 170 valence electrons. The van der Waals surface area contributed by atoms with E-state index in [2.05, 4.69) is 48.4 Å². The predicted octanol–water partition coefficient (Wildman–Crippen LogP) is 2.99. The van der Waals surface area contributed by atoms with Crippen LogP contribution in [0.2, 0.25) is 0 Å². The highest BCUT2D eigenvalue weighted by atomic mass is 16.3. The quantitative estimate of drug-likeness (QED) is 0.474. The molecule has 7 heteroatoms. The van der Waals surface area contributed by atoms with Crippen LogP contribution in [0.1, 0.15) is 45.1 Å². The summed E-state index contributed by atoms with van der Waals surface area (Å²) in [5, 5.41) is 38.1. The molecule has 0 aliphatic heterocycles. The van der Waals surface area contributed by atoms with Gasteiger partial charge in [0.15, 0.2) is 5.65 Å². The molecule has 2 fully saturated rings. The summed E-state index contributed by atoms with van der Waals surface area (Å²) in [5.41, 5.74) is 4.09. The SMILES string of the molecule is CC(C)(c1cccc(-c2cc3nccc(N[C@@H]4C[C@H](CO)[C@@H](O)[C@H]4O)n3n2)c1)C1CCC1. The van der Waals surface area contributed by atoms with Crippen molar-refractivity contribution < 1.29 is 15.3 Å². The van der Waals surface area contributed by atoms with Crippen LogP contribution in [-0.4, -0.2) is 54.8 Å². The number of nitrogens with one attached hydrogen (secondary N) is 1. The van der Waals surface area contributed by atoms with Crippen molar-refractivity contribution in [2.75, 3.05) is 11.9 Å². The Morgan fingerprint density at radius 2 is 1.94 bits per heavy atom. The second-order valence-electron chi connectivity index (χ2n) is 9.97. The Morgan fingerprint density at radius 3 is 2.62 bits per heavy atom. The number of fused-ring (bicyclic) bond motifs is 1. The summed E-state index contributed by atoms with van der Waals surface area (Å²) in [7, 11) is 0. The van der Waals surface area contributed by atoms with Crippen LogP contribution in [0.15, 0.2) is 42.6 Å². The van der Waals surface area contributed by atoms with Gasteiger partial charge < -0.3 is 20.6 Å². The Kier molecular flexibility index (Phi) is 5.43. The van der Waals surface area contributed by atoms with Gasteiger partial charge in [0.2, 0.25) is 0 Å². The van der Waals surface area contributed by atoms with E-state index in [0.29, 0.717) is 17.9 Å². The number of rotatable bonds is 6. The number of aliphatic hydroxyl groups excluding tert-OH is 3. The van der Waals surface area contributed by atoms with Crippen molar-refractivity contribution >= 4 is 11.5 Å². The predicted molar refractivity (Wildman–Crippen MR) is 123 cm³/mol. The van der Waals surface area contributed by atoms with Crippen LogP contribution in [0.4, 0.5) is 5.82 Å². The van der Waals surface area contributed by atoms with Gasteiger partial charge in [-0.3, -0.25) is 0 Å². The number of benzene rings is 1. The number of hydrogen-bond donors (Lipinski definition) is 4. The largest absolute Gasteiger partial charge is 0.396 e. The van der Waals surface area contributed by atoms with Gasteiger partial charge in [0.05, 0.1) is 17.8 Å². The summed E-state index contributed by atoms with van der Waals surface area (Å²) in [6, 6.07) is 12.1. The van der Waals surface area contributed by atoms with E-state index in [1.807, 2.05) is 12.1 Å². The molecule has 0 unspecified atom stereocenters. The Balaban J connectivity index is 1.44. The van der Waals surface area contributed by atoms with E-state index in [0.717, 1.165) is 17.2 Å². The van der Waals surface area contributed by atoms with Gasteiger partial charge in [-0.1, -0.05) is 38.5 Å². The second kappa shape index (κ2) is 8.14. The number of anilines is 1. The van der Waals surface area contributed by atoms with Crippen LogP contribution in [-0.2, 0) is 5.41 Å². The molecule has 1 aromatic carbocycles. The number of nitrogens with zero attached hydrogens (tertiary/aromatic N) is 3. The lowest BCUT2D eigenvalue weighted by Gasteiger charge is -2.41. The van der Waals surface area contributed by atoms with Gasteiger partial charge in [0.25, 0.3) is 0 Å². The molecule has 2 aliphatic carbocycles. The van der Waals surface area contributed by atoms with E-state index in [9.17, 15) is 15.3 Å². The molecule has 2 heterocycles. The first-order valence-electron chi connectivity index (χ1n) is 11.6. The molecule has 0 amide bonds. The highest BCUT2D eigenvalue weighted by molar-refractivity contribution is 5.66. The molecule has 3 aromatic rings. The topological polar surface area (TPSA) is 103 Å². The summed E-state index contributed by atoms with van der Waals surface area (Å²) in [4.78, 5) is 4.46. The first kappa shape index (κ1) is 21.4. The van der Waals surface area contributed by atoms with Crippen LogP contribution in [0.25, 0.3) is 16.9 Å². The minimum Gasteiger partial charge on any atom is -0.396 e. The van der Waals surface area contributed by atoms with Crippen molar-refractivity contribution in [1.82, 2.24) is 14.6 Å². The third kappa shape index (κ3) is 3.58. The molecular weight excluding hydrogens is 404 g/mol. The molecule has 32 heavy (non-hydrogen) atoms. The lowest BCUT2D eigenvalue weighted by atomic mass is 9.64. The summed E-state index contributed by atoms with van der Waals surface area (Å²) < 4.78 is 1.74. The molecule has 0 saturated heterocycles. The van der Waals surface area contributed by atoms with Crippen molar-refractivity contribution in [3.05, 3.63) is 48.2 Å². The molecule has 2 saturated carbocycles. The molecule has 5 rings (SSSR count). The van der Waals surface area contributed by atoms with Crippen molar-refractivity contribution in [2.45, 2.75) is 63.2 Å². The molecule has 7 nitrogen and oxygen atoms in total. The summed E-state index contributed by atoms with van der Waals surface area (Å²) in [6.45, 7) is 4.52. The number of aliphatic hydroxyl groups is 3. The zero-order valence-corrected chi connectivity index (χ0v) is 18.6. The molecule has 2 aliphatic rings. The fraction of sp³-hybridized carbons (Fsp3) is 0.520. The molecule has 2 aromatic heterocycles. The smallest absolute Gasteiger partial charge is 0.157 e. The number of hydrogen-bond acceptors (Lipinski definition) is 6. The van der Waals surface area contributed by atoms with Gasteiger partial charge in [-0.2, -0.15) is 9.61 Å². The molecule has 0 spiro atoms. The minimum absolute atomic E-state index is 0.140. The lowest BCUT2D eigenvalue weighted by Crippen LogP contribution is -2.35. The van der Waals surface area contributed by atoms with Gasteiger partial charge in [0, 0.05) is 30.4 Å². The monoisotopic (exact) mass is 436 g/mol. The third-order valence-corrected chi connectivity index (χ3v) is 7.76. The minimum atomic E-state index is -0.948. The molecule has 4 N–H and O–H groups in total. The maximum Gasteiger partial charge on any atom is 0.157 e. The Morgan fingerprint density at radius 1 is 1.12 bits per heavy atom. The fourth-order valence-electron chi connectivity index (χ4n) is 5.23. The zero-order chi connectivity index (χ0) is 22.5. The van der Waals surface area contributed by atoms with Gasteiger partial charge in [-0.25, -0.2) is 4.98 Å². The first-order valence-corrected chi connectivity index (χ1v) is 11.6. The van der Waals surface area contributed by atoms with E-state index in [4.69, 9.17) is 5.10 Å². The van der Waals surface area contributed by atoms with E-state index in [1.54, 1.807) is 10.7 Å². The molecule has 0 bridgehead atoms. The van der Waals surface area contributed by atoms with Crippen molar-refractivity contribution in [3.8, 4) is 11.3 Å². The first-order chi connectivity index (χ1) is 15.4. The van der Waals surface area contributed by atoms with Crippen LogP contribution in [0.5, 0.6) is 0 Å². The Labute approximate surface area is 188 Å². The van der Waals surface area contributed by atoms with Gasteiger partial charge in [0.1, 0.15) is 11.9 Å². The second-order valence-corrected chi connectivity index (χ2v) is 9.97. The highest BCUT2D eigenvalue weighted by Gasteiger charge is 2.41. The average Bonchev–Trinajstić information content (AvgIpc) is 3.30. The maximum atomic E-state index is 10.4. The Bertz CT molecular complexity index is 1110. The zero-order valence-electron chi connectivity index (χ0n) is 18.6. The van der Waals surface area contributed by atoms with Crippen LogP contribution >= 0.6 is 0 Å². The summed E-state index contributed by atoms with van der Waals surface area (Å²) in [6.07, 6.45) is 4.22. The Hall–Kier alpha value is -2.48. The normalized spacial score (nSPS) is 26.4. The van der Waals surface area contributed by atoms with Gasteiger partial charge in [-0.05, 0) is 48.3 Å². The third-order valence-electron chi connectivity index (χ3n) is 7.76. The summed E-state index contributed by atoms with van der Waals surface area (Å²) >= 11 is 0. The lowest BCUT2D eigenvalue weighted by molar-refractivity contribution is 0.00444. The average molecular weight is 437 g/mol.